The van der Waals surface area contributed by atoms with E-state index in [1.54, 1.807) is 0 Å². The lowest BCUT2D eigenvalue weighted by Gasteiger charge is -2.14. The smallest absolute Gasteiger partial charge is 0.315 e. The van der Waals surface area contributed by atoms with E-state index in [1.165, 1.54) is 0 Å². The molecule has 1 rings (SSSR count). The maximum absolute atomic E-state index is 11.3. The van der Waals surface area contributed by atoms with Crippen LogP contribution in [0.15, 0.2) is 0 Å². The van der Waals surface area contributed by atoms with E-state index >= 15 is 0 Å². The highest BCUT2D eigenvalue weighted by atomic mass is 16.2. The number of urea groups is 1. The fraction of sp³-hybridized carbons (Fsp3) is 0.889. The first-order valence-electron chi connectivity index (χ1n) is 4.90. The summed E-state index contributed by atoms with van der Waals surface area (Å²) in [6.45, 7) is 3.89. The highest BCUT2D eigenvalue weighted by Crippen LogP contribution is 2.16. The van der Waals surface area contributed by atoms with Gasteiger partial charge in [0.1, 0.15) is 0 Å². The molecule has 0 aromatic heterocycles. The first-order valence-corrected chi connectivity index (χ1v) is 4.90. The van der Waals surface area contributed by atoms with Crippen molar-refractivity contribution in [1.82, 2.24) is 10.6 Å². The minimum Gasteiger partial charge on any atom is -0.336 e. The summed E-state index contributed by atoms with van der Waals surface area (Å²) in [5, 5.41) is 5.70. The Morgan fingerprint density at radius 2 is 2.15 bits per heavy atom. The van der Waals surface area contributed by atoms with Gasteiger partial charge >= 0.3 is 6.03 Å². The molecule has 76 valence electrons. The monoisotopic (exact) mass is 185 g/mol. The van der Waals surface area contributed by atoms with Gasteiger partial charge in [-0.3, -0.25) is 0 Å². The van der Waals surface area contributed by atoms with Crippen molar-refractivity contribution >= 4 is 6.03 Å². The van der Waals surface area contributed by atoms with E-state index < -0.39 is 0 Å². The van der Waals surface area contributed by atoms with Crippen LogP contribution in [-0.4, -0.2) is 24.2 Å². The summed E-state index contributed by atoms with van der Waals surface area (Å²) in [4.78, 5) is 11.3. The van der Waals surface area contributed by atoms with Gasteiger partial charge in [-0.05, 0) is 33.1 Å². The van der Waals surface area contributed by atoms with Gasteiger partial charge in [-0.15, -0.1) is 0 Å². The minimum absolute atomic E-state index is 0.0749. The summed E-state index contributed by atoms with van der Waals surface area (Å²) >= 11 is 0. The minimum atomic E-state index is -0.0749. The average molecular weight is 185 g/mol. The van der Waals surface area contributed by atoms with Gasteiger partial charge in [0.25, 0.3) is 0 Å². The van der Waals surface area contributed by atoms with Gasteiger partial charge in [-0.25, -0.2) is 4.79 Å². The van der Waals surface area contributed by atoms with E-state index in [0.29, 0.717) is 0 Å². The van der Waals surface area contributed by atoms with E-state index in [4.69, 9.17) is 5.73 Å². The normalized spacial score (nSPS) is 27.7. The molecule has 0 aliphatic heterocycles. The Morgan fingerprint density at radius 1 is 1.46 bits per heavy atom. The number of nitrogens with one attached hydrogen (secondary N) is 2. The SMILES string of the molecule is CC(C)NC(=O)NC1CCC(N)C1. The molecule has 0 spiro atoms. The molecule has 4 heteroatoms. The van der Waals surface area contributed by atoms with Gasteiger partial charge in [0, 0.05) is 18.1 Å². The summed E-state index contributed by atoms with van der Waals surface area (Å²) in [5.41, 5.74) is 5.73. The van der Waals surface area contributed by atoms with Crippen molar-refractivity contribution in [1.29, 1.82) is 0 Å². The molecule has 0 aromatic rings. The van der Waals surface area contributed by atoms with Gasteiger partial charge < -0.3 is 16.4 Å². The number of hydrogen-bond donors (Lipinski definition) is 3. The lowest BCUT2D eigenvalue weighted by molar-refractivity contribution is 0.234. The lowest BCUT2D eigenvalue weighted by atomic mass is 10.2. The molecule has 4 nitrogen and oxygen atoms in total. The highest BCUT2D eigenvalue weighted by molar-refractivity contribution is 5.74. The predicted octanol–water partition coefficient (Wildman–Crippen LogP) is 0.574. The van der Waals surface area contributed by atoms with Crippen LogP contribution in [-0.2, 0) is 0 Å². The van der Waals surface area contributed by atoms with Crippen LogP contribution >= 0.6 is 0 Å². The van der Waals surface area contributed by atoms with Crippen molar-refractivity contribution in [2.45, 2.75) is 51.2 Å². The fourth-order valence-corrected chi connectivity index (χ4v) is 1.64. The Hall–Kier alpha value is -0.770. The van der Waals surface area contributed by atoms with Crippen LogP contribution in [0, 0.1) is 0 Å². The van der Waals surface area contributed by atoms with E-state index in [2.05, 4.69) is 10.6 Å². The third-order valence-electron chi connectivity index (χ3n) is 2.23. The molecular formula is C9H19N3O. The third-order valence-corrected chi connectivity index (χ3v) is 2.23. The molecule has 2 amide bonds. The molecule has 4 N–H and O–H groups in total. The number of rotatable bonds is 2. The Bertz CT molecular complexity index is 182. The topological polar surface area (TPSA) is 67.2 Å². The summed E-state index contributed by atoms with van der Waals surface area (Å²) in [5.74, 6) is 0. The van der Waals surface area contributed by atoms with E-state index in [1.807, 2.05) is 13.8 Å². The summed E-state index contributed by atoms with van der Waals surface area (Å²) in [6.07, 6.45) is 2.94. The molecule has 1 saturated carbocycles. The van der Waals surface area contributed by atoms with E-state index in [-0.39, 0.29) is 24.2 Å². The van der Waals surface area contributed by atoms with Gasteiger partial charge in [-0.1, -0.05) is 0 Å². The largest absolute Gasteiger partial charge is 0.336 e. The average Bonchev–Trinajstić information content (AvgIpc) is 2.33. The van der Waals surface area contributed by atoms with Crippen LogP contribution in [0.1, 0.15) is 33.1 Å². The number of carbonyl (C=O) groups is 1. The second-order valence-electron chi connectivity index (χ2n) is 4.04. The molecule has 2 atom stereocenters. The highest BCUT2D eigenvalue weighted by Gasteiger charge is 2.22. The summed E-state index contributed by atoms with van der Waals surface area (Å²) in [6, 6.07) is 0.655. The zero-order valence-electron chi connectivity index (χ0n) is 8.34. The van der Waals surface area contributed by atoms with Crippen molar-refractivity contribution in [3.63, 3.8) is 0 Å². The lowest BCUT2D eigenvalue weighted by Crippen LogP contribution is -2.44. The summed E-state index contributed by atoms with van der Waals surface area (Å²) in [7, 11) is 0. The second kappa shape index (κ2) is 4.46. The van der Waals surface area contributed by atoms with E-state index in [9.17, 15) is 4.79 Å². The number of hydrogen-bond acceptors (Lipinski definition) is 2. The van der Waals surface area contributed by atoms with E-state index in [0.717, 1.165) is 19.3 Å². The molecule has 0 bridgehead atoms. The number of nitrogens with two attached hydrogens (primary N) is 1. The zero-order valence-corrected chi connectivity index (χ0v) is 8.34. The molecule has 1 fully saturated rings. The van der Waals surface area contributed by atoms with Gasteiger partial charge in [0.15, 0.2) is 0 Å². The Balaban J connectivity index is 2.21. The number of carbonyl (C=O) groups excluding carboxylic acids is 1. The standard InChI is InChI=1S/C9H19N3O/c1-6(2)11-9(13)12-8-4-3-7(10)5-8/h6-8H,3-5,10H2,1-2H3,(H2,11,12,13). The molecule has 2 unspecified atom stereocenters. The van der Waals surface area contributed by atoms with Crippen LogP contribution in [0.3, 0.4) is 0 Å². The third kappa shape index (κ3) is 3.63. The zero-order chi connectivity index (χ0) is 9.84. The Labute approximate surface area is 79.3 Å². The van der Waals surface area contributed by atoms with Gasteiger partial charge in [0.05, 0.1) is 0 Å². The molecule has 1 aliphatic carbocycles. The first-order chi connectivity index (χ1) is 6.08. The maximum atomic E-state index is 11.3. The Morgan fingerprint density at radius 3 is 2.62 bits per heavy atom. The second-order valence-corrected chi connectivity index (χ2v) is 4.04. The molecule has 0 radical (unpaired) electrons. The van der Waals surface area contributed by atoms with Crippen LogP contribution < -0.4 is 16.4 Å². The molecule has 0 aromatic carbocycles. The molecular weight excluding hydrogens is 166 g/mol. The van der Waals surface area contributed by atoms with Crippen molar-refractivity contribution in [3.05, 3.63) is 0 Å². The maximum Gasteiger partial charge on any atom is 0.315 e. The van der Waals surface area contributed by atoms with Crippen LogP contribution in [0.2, 0.25) is 0 Å². The fourth-order valence-electron chi connectivity index (χ4n) is 1.64. The van der Waals surface area contributed by atoms with Gasteiger partial charge in [-0.2, -0.15) is 0 Å². The number of amides is 2. The first kappa shape index (κ1) is 10.3. The van der Waals surface area contributed by atoms with Crippen LogP contribution in [0.5, 0.6) is 0 Å². The van der Waals surface area contributed by atoms with Crippen LogP contribution in [0.25, 0.3) is 0 Å². The Kier molecular flexibility index (Phi) is 3.54. The molecule has 0 heterocycles. The van der Waals surface area contributed by atoms with Gasteiger partial charge in [0.2, 0.25) is 0 Å². The van der Waals surface area contributed by atoms with Crippen molar-refractivity contribution in [3.8, 4) is 0 Å². The molecule has 13 heavy (non-hydrogen) atoms. The van der Waals surface area contributed by atoms with Crippen molar-refractivity contribution < 1.29 is 4.79 Å². The molecule has 1 aliphatic rings. The quantitative estimate of drug-likeness (QED) is 0.589. The summed E-state index contributed by atoms with van der Waals surface area (Å²) < 4.78 is 0. The van der Waals surface area contributed by atoms with Crippen molar-refractivity contribution in [2.24, 2.45) is 5.73 Å². The molecule has 0 saturated heterocycles. The van der Waals surface area contributed by atoms with Crippen molar-refractivity contribution in [2.75, 3.05) is 0 Å². The predicted molar refractivity (Wildman–Crippen MR) is 52.4 cm³/mol. The van der Waals surface area contributed by atoms with Crippen LogP contribution in [0.4, 0.5) is 4.79 Å².